The Morgan fingerprint density at radius 2 is 2.21 bits per heavy atom. The van der Waals surface area contributed by atoms with E-state index in [0.717, 1.165) is 29.1 Å². The van der Waals surface area contributed by atoms with Crippen LogP contribution in [0.15, 0.2) is 22.7 Å². The molecule has 1 aliphatic carbocycles. The number of aryl methyl sites for hydroxylation is 1. The quantitative estimate of drug-likeness (QED) is 0.861. The molecular weight excluding hydrogens is 330 g/mol. The predicted octanol–water partition coefficient (Wildman–Crippen LogP) is 2.37. The van der Waals surface area contributed by atoms with Crippen LogP contribution in [0.2, 0.25) is 0 Å². The van der Waals surface area contributed by atoms with Gasteiger partial charge in [0.2, 0.25) is 5.91 Å². The Hall–Kier alpha value is -1.01. The first-order valence-corrected chi connectivity index (χ1v) is 7.88. The lowest BCUT2D eigenvalue weighted by Gasteiger charge is -2.13. The molecule has 1 aromatic rings. The summed E-state index contributed by atoms with van der Waals surface area (Å²) in [6.07, 6.45) is 1.86. The third-order valence-electron chi connectivity index (χ3n) is 2.98. The molecule has 19 heavy (non-hydrogen) atoms. The maximum absolute atomic E-state index is 11.7. The number of hydrogen-bond acceptors (Lipinski definition) is 3. The average molecular weight is 344 g/mol. The minimum Gasteiger partial charge on any atom is -0.481 e. The molecule has 0 heterocycles. The summed E-state index contributed by atoms with van der Waals surface area (Å²) >= 11 is 4.55. The summed E-state index contributed by atoms with van der Waals surface area (Å²) in [6, 6.07) is 6.14. The van der Waals surface area contributed by atoms with Gasteiger partial charge >= 0.3 is 5.97 Å². The van der Waals surface area contributed by atoms with E-state index < -0.39 is 5.97 Å². The number of carboxylic acids is 1. The van der Waals surface area contributed by atoms with Crippen LogP contribution in [-0.2, 0) is 16.0 Å². The number of aliphatic carboxylic acids is 1. The zero-order valence-electron chi connectivity index (χ0n) is 10.2. The van der Waals surface area contributed by atoms with Gasteiger partial charge in [-0.25, -0.2) is 0 Å². The highest BCUT2D eigenvalue weighted by molar-refractivity contribution is 9.10. The summed E-state index contributed by atoms with van der Waals surface area (Å²) in [7, 11) is 0. The summed E-state index contributed by atoms with van der Waals surface area (Å²) in [5.41, 5.74) is 2.43. The van der Waals surface area contributed by atoms with Crippen molar-refractivity contribution in [2.75, 3.05) is 11.5 Å². The highest BCUT2D eigenvalue weighted by Gasteiger charge is 2.23. The fourth-order valence-corrected chi connectivity index (χ4v) is 3.16. The summed E-state index contributed by atoms with van der Waals surface area (Å²) in [4.78, 5) is 22.1. The zero-order chi connectivity index (χ0) is 13.8. The van der Waals surface area contributed by atoms with Crippen LogP contribution in [0.4, 0.5) is 0 Å². The Morgan fingerprint density at radius 3 is 2.95 bits per heavy atom. The van der Waals surface area contributed by atoms with Crippen molar-refractivity contribution in [3.05, 3.63) is 33.8 Å². The second-order valence-electron chi connectivity index (χ2n) is 4.39. The van der Waals surface area contributed by atoms with E-state index in [1.165, 1.54) is 11.1 Å². The van der Waals surface area contributed by atoms with Gasteiger partial charge in [0.1, 0.15) is 0 Å². The van der Waals surface area contributed by atoms with E-state index in [-0.39, 0.29) is 23.5 Å². The molecule has 0 radical (unpaired) electrons. The molecule has 0 aliphatic heterocycles. The van der Waals surface area contributed by atoms with E-state index >= 15 is 0 Å². The van der Waals surface area contributed by atoms with E-state index in [1.54, 1.807) is 0 Å². The molecular formula is C13H14BrNO3S. The van der Waals surface area contributed by atoms with E-state index in [0.29, 0.717) is 0 Å². The summed E-state index contributed by atoms with van der Waals surface area (Å²) < 4.78 is 1.05. The summed E-state index contributed by atoms with van der Waals surface area (Å²) in [5, 5.41) is 11.5. The minimum absolute atomic E-state index is 0.0401. The third kappa shape index (κ3) is 3.98. The van der Waals surface area contributed by atoms with Crippen molar-refractivity contribution in [3.8, 4) is 0 Å². The first-order chi connectivity index (χ1) is 9.06. The van der Waals surface area contributed by atoms with E-state index in [9.17, 15) is 9.59 Å². The van der Waals surface area contributed by atoms with Crippen molar-refractivity contribution < 1.29 is 14.7 Å². The lowest BCUT2D eigenvalue weighted by Crippen LogP contribution is -2.29. The Kier molecular flexibility index (Phi) is 4.87. The standard InChI is InChI=1S/C13H14BrNO3S/c14-9-2-3-10-8(5-9)1-4-11(10)15-12(16)6-19-7-13(17)18/h2-3,5,11H,1,4,6-7H2,(H,15,16)(H,17,18). The average Bonchev–Trinajstić information content (AvgIpc) is 2.71. The van der Waals surface area contributed by atoms with Gasteiger partial charge in [0, 0.05) is 4.47 Å². The molecule has 0 bridgehead atoms. The first-order valence-electron chi connectivity index (χ1n) is 5.93. The molecule has 102 valence electrons. The van der Waals surface area contributed by atoms with Crippen LogP contribution in [0, 0.1) is 0 Å². The lowest BCUT2D eigenvalue weighted by atomic mass is 10.1. The van der Waals surface area contributed by atoms with Crippen LogP contribution in [0.25, 0.3) is 0 Å². The molecule has 0 spiro atoms. The van der Waals surface area contributed by atoms with Crippen LogP contribution >= 0.6 is 27.7 Å². The van der Waals surface area contributed by atoms with E-state index in [4.69, 9.17) is 5.11 Å². The van der Waals surface area contributed by atoms with Crippen LogP contribution < -0.4 is 5.32 Å². The number of hydrogen-bond donors (Lipinski definition) is 2. The smallest absolute Gasteiger partial charge is 0.313 e. The van der Waals surface area contributed by atoms with E-state index in [2.05, 4.69) is 27.3 Å². The van der Waals surface area contributed by atoms with Gasteiger partial charge in [-0.05, 0) is 36.1 Å². The number of carboxylic acid groups (broad SMARTS) is 1. The monoisotopic (exact) mass is 343 g/mol. The second kappa shape index (κ2) is 6.43. The predicted molar refractivity (Wildman–Crippen MR) is 78.3 cm³/mol. The fourth-order valence-electron chi connectivity index (χ4n) is 2.20. The Balaban J connectivity index is 1.88. The number of nitrogens with one attached hydrogen (secondary N) is 1. The molecule has 2 rings (SSSR count). The molecule has 0 aromatic heterocycles. The SMILES string of the molecule is O=C(O)CSCC(=O)NC1CCc2cc(Br)ccc21. The number of rotatable bonds is 5. The largest absolute Gasteiger partial charge is 0.481 e. The van der Waals surface area contributed by atoms with Crippen molar-refractivity contribution >= 4 is 39.6 Å². The highest BCUT2D eigenvalue weighted by atomic mass is 79.9. The van der Waals surface area contributed by atoms with Crippen molar-refractivity contribution in [1.82, 2.24) is 5.32 Å². The fraction of sp³-hybridized carbons (Fsp3) is 0.385. The van der Waals surface area contributed by atoms with Crippen molar-refractivity contribution in [1.29, 1.82) is 0 Å². The number of fused-ring (bicyclic) bond motifs is 1. The molecule has 1 aliphatic rings. The van der Waals surface area contributed by atoms with Crippen molar-refractivity contribution in [2.45, 2.75) is 18.9 Å². The number of halogens is 1. The van der Waals surface area contributed by atoms with E-state index in [1.807, 2.05) is 12.1 Å². The van der Waals surface area contributed by atoms with Crippen molar-refractivity contribution in [3.63, 3.8) is 0 Å². The molecule has 0 saturated carbocycles. The lowest BCUT2D eigenvalue weighted by molar-refractivity contribution is -0.133. The van der Waals surface area contributed by atoms with Gasteiger partial charge in [-0.1, -0.05) is 22.0 Å². The molecule has 1 unspecified atom stereocenters. The van der Waals surface area contributed by atoms with Crippen molar-refractivity contribution in [2.24, 2.45) is 0 Å². The van der Waals surface area contributed by atoms with Gasteiger partial charge in [-0.3, -0.25) is 9.59 Å². The number of carbonyl (C=O) groups is 2. The number of thioether (sulfide) groups is 1. The van der Waals surface area contributed by atoms with Crippen LogP contribution in [-0.4, -0.2) is 28.5 Å². The second-order valence-corrected chi connectivity index (χ2v) is 6.29. The minimum atomic E-state index is -0.895. The number of carbonyl (C=O) groups excluding carboxylic acids is 1. The Bertz CT molecular complexity index is 507. The molecule has 6 heteroatoms. The van der Waals surface area contributed by atoms with Gasteiger partial charge in [-0.2, -0.15) is 0 Å². The maximum atomic E-state index is 11.7. The van der Waals surface area contributed by atoms with Gasteiger partial charge in [0.15, 0.2) is 0 Å². The number of amides is 1. The van der Waals surface area contributed by atoms with Crippen LogP contribution in [0.1, 0.15) is 23.6 Å². The Morgan fingerprint density at radius 1 is 1.42 bits per heavy atom. The molecule has 1 atom stereocenters. The molecule has 1 amide bonds. The molecule has 0 fully saturated rings. The molecule has 1 aromatic carbocycles. The van der Waals surface area contributed by atoms with Crippen LogP contribution in [0.3, 0.4) is 0 Å². The topological polar surface area (TPSA) is 66.4 Å². The zero-order valence-corrected chi connectivity index (χ0v) is 12.6. The summed E-state index contributed by atoms with van der Waals surface area (Å²) in [5.74, 6) is -0.850. The Labute approximate surface area is 124 Å². The number of benzene rings is 1. The molecule has 2 N–H and O–H groups in total. The molecule has 4 nitrogen and oxygen atoms in total. The van der Waals surface area contributed by atoms with Gasteiger partial charge in [-0.15, -0.1) is 11.8 Å². The van der Waals surface area contributed by atoms with Gasteiger partial charge in [0.05, 0.1) is 17.5 Å². The normalized spacial score (nSPS) is 17.0. The van der Waals surface area contributed by atoms with Gasteiger partial charge < -0.3 is 10.4 Å². The first kappa shape index (κ1) is 14.4. The van der Waals surface area contributed by atoms with Gasteiger partial charge in [0.25, 0.3) is 0 Å². The summed E-state index contributed by atoms with van der Waals surface area (Å²) in [6.45, 7) is 0. The molecule has 0 saturated heterocycles. The van der Waals surface area contributed by atoms with Crippen LogP contribution in [0.5, 0.6) is 0 Å². The third-order valence-corrected chi connectivity index (χ3v) is 4.39. The maximum Gasteiger partial charge on any atom is 0.313 e. The highest BCUT2D eigenvalue weighted by Crippen LogP contribution is 2.32.